The first-order valence-electron chi connectivity index (χ1n) is 15.5. The zero-order valence-corrected chi connectivity index (χ0v) is 24.5. The number of ether oxygens (including phenoxy) is 5. The van der Waals surface area contributed by atoms with E-state index < -0.39 is 17.9 Å². The number of rotatable bonds is 19. The van der Waals surface area contributed by atoms with Gasteiger partial charge in [-0.3, -0.25) is 0 Å². The predicted molar refractivity (Wildman–Crippen MR) is 146 cm³/mol. The lowest BCUT2D eigenvalue weighted by atomic mass is 9.92. The summed E-state index contributed by atoms with van der Waals surface area (Å²) in [4.78, 5) is 0. The van der Waals surface area contributed by atoms with E-state index in [9.17, 15) is 5.11 Å². The van der Waals surface area contributed by atoms with Crippen LogP contribution in [-0.2, 0) is 23.7 Å². The van der Waals surface area contributed by atoms with Gasteiger partial charge in [0.15, 0.2) is 17.9 Å². The number of aliphatic hydroxyl groups is 1. The maximum absolute atomic E-state index is 9.78. The topological polar surface area (TPSA) is 78.4 Å². The van der Waals surface area contributed by atoms with Gasteiger partial charge in [0.05, 0.1) is 0 Å². The van der Waals surface area contributed by atoms with Crippen molar-refractivity contribution in [3.8, 4) is 0 Å². The molecule has 3 fully saturated rings. The summed E-state index contributed by atoms with van der Waals surface area (Å²) < 4.78 is 31.1. The minimum absolute atomic E-state index is 0.0368. The summed E-state index contributed by atoms with van der Waals surface area (Å²) >= 11 is 0. The molecular formula is C30H57NO6. The lowest BCUT2D eigenvalue weighted by Gasteiger charge is -2.41. The highest BCUT2D eigenvalue weighted by molar-refractivity contribution is 5.03. The van der Waals surface area contributed by atoms with Crippen molar-refractivity contribution in [3.63, 3.8) is 0 Å². The van der Waals surface area contributed by atoms with Crippen molar-refractivity contribution in [2.45, 2.75) is 179 Å². The number of nitrogens with one attached hydrogen (secondary N) is 1. The molecule has 0 aromatic heterocycles. The lowest BCUT2D eigenvalue weighted by molar-refractivity contribution is -0.240. The molecule has 2 N–H and O–H groups in total. The fraction of sp³-hybridized carbons (Fsp3) is 1.00. The van der Waals surface area contributed by atoms with Crippen LogP contribution in [0.1, 0.15) is 131 Å². The van der Waals surface area contributed by atoms with Crippen LogP contribution in [0.15, 0.2) is 0 Å². The first-order valence-corrected chi connectivity index (χ1v) is 15.5. The third kappa shape index (κ3) is 10.0. The molecule has 3 rings (SSSR count). The van der Waals surface area contributed by atoms with Gasteiger partial charge in [0, 0.05) is 12.6 Å². The van der Waals surface area contributed by atoms with E-state index in [1.807, 2.05) is 27.7 Å². The molecule has 0 bridgehead atoms. The summed E-state index contributed by atoms with van der Waals surface area (Å²) in [5.41, 5.74) is 0. The van der Waals surface area contributed by atoms with Crippen molar-refractivity contribution in [3.05, 3.63) is 0 Å². The standard InChI is InChI=1S/C30H57NO6/c1-6-7-8-9-10-11-12-13-14-15-16-17-18-19-21-31-23(20-22-32)24-25-26(35-29(2,3)34-25)27-28(33-24)37-30(4,5)36-27/h23-28,31-32H,6-22H2,1-5H3/t23-,24-,25+,26+,27-,28-/m1/s1. The smallest absolute Gasteiger partial charge is 0.190 e. The second kappa shape index (κ2) is 15.5. The van der Waals surface area contributed by atoms with Gasteiger partial charge in [0.25, 0.3) is 0 Å². The van der Waals surface area contributed by atoms with E-state index in [1.165, 1.54) is 83.5 Å². The van der Waals surface area contributed by atoms with Crippen LogP contribution in [0.5, 0.6) is 0 Å². The minimum atomic E-state index is -0.723. The zero-order chi connectivity index (χ0) is 26.7. The second-order valence-electron chi connectivity index (χ2n) is 12.3. The van der Waals surface area contributed by atoms with Crippen molar-refractivity contribution < 1.29 is 28.8 Å². The molecule has 0 radical (unpaired) electrons. The maximum atomic E-state index is 9.78. The van der Waals surface area contributed by atoms with Gasteiger partial charge >= 0.3 is 0 Å². The van der Waals surface area contributed by atoms with Gasteiger partial charge in [-0.15, -0.1) is 0 Å². The summed E-state index contributed by atoms with van der Waals surface area (Å²) in [6, 6.07) is -0.0368. The predicted octanol–water partition coefficient (Wildman–Crippen LogP) is 6.20. The van der Waals surface area contributed by atoms with E-state index in [0.29, 0.717) is 6.42 Å². The van der Waals surface area contributed by atoms with Gasteiger partial charge < -0.3 is 34.1 Å². The van der Waals surface area contributed by atoms with E-state index in [1.54, 1.807) is 0 Å². The first kappa shape index (κ1) is 31.3. The molecule has 0 saturated carbocycles. The molecule has 3 aliphatic rings. The van der Waals surface area contributed by atoms with Crippen LogP contribution in [0.25, 0.3) is 0 Å². The Morgan fingerprint density at radius 3 is 1.70 bits per heavy atom. The number of hydrogen-bond acceptors (Lipinski definition) is 7. The largest absolute Gasteiger partial charge is 0.396 e. The molecule has 7 heteroatoms. The fourth-order valence-electron chi connectivity index (χ4n) is 6.10. The van der Waals surface area contributed by atoms with E-state index >= 15 is 0 Å². The summed E-state index contributed by atoms with van der Waals surface area (Å²) in [7, 11) is 0. The molecule has 0 aromatic carbocycles. The van der Waals surface area contributed by atoms with Crippen molar-refractivity contribution >= 4 is 0 Å². The molecule has 3 heterocycles. The Bertz CT molecular complexity index is 629. The highest BCUT2D eigenvalue weighted by atomic mass is 16.9. The highest BCUT2D eigenvalue weighted by Crippen LogP contribution is 2.45. The Balaban J connectivity index is 1.32. The van der Waals surface area contributed by atoms with Crippen LogP contribution in [0.2, 0.25) is 0 Å². The fourth-order valence-corrected chi connectivity index (χ4v) is 6.10. The second-order valence-corrected chi connectivity index (χ2v) is 12.3. The average molecular weight is 528 g/mol. The van der Waals surface area contributed by atoms with Crippen LogP contribution in [-0.4, -0.2) is 66.6 Å². The summed E-state index contributed by atoms with van der Waals surface area (Å²) in [5, 5.41) is 13.4. The van der Waals surface area contributed by atoms with Crippen molar-refractivity contribution in [1.82, 2.24) is 5.32 Å². The van der Waals surface area contributed by atoms with Gasteiger partial charge in [0.2, 0.25) is 0 Å². The molecule has 3 saturated heterocycles. The zero-order valence-electron chi connectivity index (χ0n) is 24.5. The van der Waals surface area contributed by atoms with E-state index in [0.717, 1.165) is 13.0 Å². The van der Waals surface area contributed by atoms with Crippen LogP contribution < -0.4 is 5.32 Å². The van der Waals surface area contributed by atoms with Gasteiger partial charge in [-0.25, -0.2) is 0 Å². The average Bonchev–Trinajstić information content (AvgIpc) is 3.34. The highest BCUT2D eigenvalue weighted by Gasteiger charge is 2.61. The van der Waals surface area contributed by atoms with Crippen LogP contribution in [0.3, 0.4) is 0 Å². The molecule has 6 atom stereocenters. The van der Waals surface area contributed by atoms with E-state index in [4.69, 9.17) is 23.7 Å². The Morgan fingerprint density at radius 1 is 0.649 bits per heavy atom. The lowest BCUT2D eigenvalue weighted by Crippen LogP contribution is -2.61. The molecule has 218 valence electrons. The van der Waals surface area contributed by atoms with E-state index in [2.05, 4.69) is 12.2 Å². The Kier molecular flexibility index (Phi) is 13.1. The van der Waals surface area contributed by atoms with Gasteiger partial charge in [0.1, 0.15) is 24.4 Å². The normalized spacial score (nSPS) is 30.8. The monoisotopic (exact) mass is 527 g/mol. The SMILES string of the molecule is CCCCCCCCCCCCCCCCN[C@H](CCO)[C@H]1O[C@@H]2OC(C)(C)O[C@@H]2[C@H]2OC(C)(C)O[C@H]21. The summed E-state index contributed by atoms with van der Waals surface area (Å²) in [5.74, 6) is -1.43. The number of fused-ring (bicyclic) bond motifs is 3. The van der Waals surface area contributed by atoms with Crippen LogP contribution in [0, 0.1) is 0 Å². The molecule has 0 unspecified atom stereocenters. The third-order valence-electron chi connectivity index (χ3n) is 7.96. The molecule has 0 aliphatic carbocycles. The number of aliphatic hydroxyl groups excluding tert-OH is 1. The minimum Gasteiger partial charge on any atom is -0.396 e. The molecule has 37 heavy (non-hydrogen) atoms. The molecule has 0 spiro atoms. The Morgan fingerprint density at radius 2 is 1.14 bits per heavy atom. The first-order chi connectivity index (χ1) is 17.8. The van der Waals surface area contributed by atoms with Crippen LogP contribution >= 0.6 is 0 Å². The van der Waals surface area contributed by atoms with Crippen molar-refractivity contribution in [2.24, 2.45) is 0 Å². The van der Waals surface area contributed by atoms with Crippen molar-refractivity contribution in [2.75, 3.05) is 13.2 Å². The molecule has 7 nitrogen and oxygen atoms in total. The molecule has 0 aromatic rings. The van der Waals surface area contributed by atoms with Gasteiger partial charge in [-0.1, -0.05) is 90.4 Å². The van der Waals surface area contributed by atoms with Crippen molar-refractivity contribution in [1.29, 1.82) is 0 Å². The Hall–Kier alpha value is -0.280. The molecule has 3 aliphatic heterocycles. The number of unbranched alkanes of at least 4 members (excludes halogenated alkanes) is 13. The summed E-state index contributed by atoms with van der Waals surface area (Å²) in [6.45, 7) is 10.9. The Labute approximate surface area is 226 Å². The quantitative estimate of drug-likeness (QED) is 0.194. The molecular weight excluding hydrogens is 470 g/mol. The maximum Gasteiger partial charge on any atom is 0.190 e. The van der Waals surface area contributed by atoms with Gasteiger partial charge in [-0.2, -0.15) is 0 Å². The summed E-state index contributed by atoms with van der Waals surface area (Å²) in [6.07, 6.45) is 18.0. The van der Waals surface area contributed by atoms with Crippen LogP contribution in [0.4, 0.5) is 0 Å². The van der Waals surface area contributed by atoms with E-state index in [-0.39, 0.29) is 37.1 Å². The third-order valence-corrected chi connectivity index (χ3v) is 7.96. The number of hydrogen-bond donors (Lipinski definition) is 2. The molecule has 0 amide bonds. The van der Waals surface area contributed by atoms with Gasteiger partial charge in [-0.05, 0) is 47.1 Å².